The second kappa shape index (κ2) is 8.48. The highest BCUT2D eigenvalue weighted by Gasteiger charge is 2.51. The van der Waals surface area contributed by atoms with Crippen molar-refractivity contribution in [3.63, 3.8) is 0 Å². The molecule has 0 N–H and O–H groups in total. The van der Waals surface area contributed by atoms with Gasteiger partial charge in [0.05, 0.1) is 13.1 Å². The van der Waals surface area contributed by atoms with Crippen molar-refractivity contribution in [1.29, 1.82) is 0 Å². The fourth-order valence-corrected chi connectivity index (χ4v) is 4.58. The number of anilines is 1. The lowest BCUT2D eigenvalue weighted by Gasteiger charge is -2.22. The standard InChI is InChI=1S/C25H21ClFN3O3/c26-18-6-3-8-20(14-18)30-16-25(33-24(30)32)11-12-29(15-25)23(31)22-10-4-7-19(28-22)13-17-5-1-2-9-21(17)27/h1-10,14H,11-13,15-16H2. The number of carbonyl (C=O) groups excluding carboxylic acids is 2. The maximum Gasteiger partial charge on any atom is 0.415 e. The van der Waals surface area contributed by atoms with Crippen molar-refractivity contribution in [1.82, 2.24) is 9.88 Å². The number of hydrogen-bond acceptors (Lipinski definition) is 4. The lowest BCUT2D eigenvalue weighted by atomic mass is 10.0. The van der Waals surface area contributed by atoms with Crippen molar-refractivity contribution < 1.29 is 18.7 Å². The summed E-state index contributed by atoms with van der Waals surface area (Å²) >= 11 is 6.07. The fraction of sp³-hybridized carbons (Fsp3) is 0.240. The van der Waals surface area contributed by atoms with Crippen LogP contribution in [0.2, 0.25) is 5.02 Å². The summed E-state index contributed by atoms with van der Waals surface area (Å²) in [5, 5.41) is 0.533. The van der Waals surface area contributed by atoms with Crippen LogP contribution in [-0.2, 0) is 11.2 Å². The Kier molecular flexibility index (Phi) is 5.50. The molecule has 0 aliphatic carbocycles. The molecule has 2 saturated heterocycles. The average molecular weight is 466 g/mol. The monoisotopic (exact) mass is 465 g/mol. The molecule has 6 nitrogen and oxygen atoms in total. The highest BCUT2D eigenvalue weighted by Crippen LogP contribution is 2.36. The predicted molar refractivity (Wildman–Crippen MR) is 122 cm³/mol. The lowest BCUT2D eigenvalue weighted by molar-refractivity contribution is 0.0551. The number of likely N-dealkylation sites (tertiary alicyclic amines) is 1. The van der Waals surface area contributed by atoms with Crippen LogP contribution < -0.4 is 4.90 Å². The van der Waals surface area contributed by atoms with Crippen molar-refractivity contribution in [2.75, 3.05) is 24.5 Å². The van der Waals surface area contributed by atoms with Crippen molar-refractivity contribution in [2.45, 2.75) is 18.4 Å². The summed E-state index contributed by atoms with van der Waals surface area (Å²) < 4.78 is 19.7. The Balaban J connectivity index is 1.29. The molecule has 1 aromatic heterocycles. The van der Waals surface area contributed by atoms with Crippen LogP contribution in [0.4, 0.5) is 14.9 Å². The molecular weight excluding hydrogens is 445 g/mol. The van der Waals surface area contributed by atoms with E-state index >= 15 is 0 Å². The summed E-state index contributed by atoms with van der Waals surface area (Å²) in [7, 11) is 0. The van der Waals surface area contributed by atoms with Gasteiger partial charge in [0.15, 0.2) is 5.60 Å². The first kappa shape index (κ1) is 21.4. The van der Waals surface area contributed by atoms with Crippen LogP contribution >= 0.6 is 11.6 Å². The molecule has 33 heavy (non-hydrogen) atoms. The van der Waals surface area contributed by atoms with Crippen LogP contribution in [-0.4, -0.2) is 47.1 Å². The highest BCUT2D eigenvalue weighted by atomic mass is 35.5. The van der Waals surface area contributed by atoms with Gasteiger partial charge in [0.25, 0.3) is 5.91 Å². The number of halogens is 2. The molecule has 0 saturated carbocycles. The number of aromatic nitrogens is 1. The van der Waals surface area contributed by atoms with Gasteiger partial charge < -0.3 is 9.64 Å². The van der Waals surface area contributed by atoms with Crippen molar-refractivity contribution in [2.24, 2.45) is 0 Å². The smallest absolute Gasteiger partial charge is 0.415 e. The number of ether oxygens (including phenoxy) is 1. The molecule has 1 unspecified atom stereocenters. The molecule has 0 bridgehead atoms. The number of carbonyl (C=O) groups is 2. The molecule has 3 heterocycles. The van der Waals surface area contributed by atoms with Crippen molar-refractivity contribution in [3.8, 4) is 0 Å². The van der Waals surface area contributed by atoms with Gasteiger partial charge in [-0.25, -0.2) is 14.2 Å². The number of rotatable bonds is 4. The van der Waals surface area contributed by atoms with Crippen LogP contribution in [0.3, 0.4) is 0 Å². The second-order valence-electron chi connectivity index (χ2n) is 8.38. The van der Waals surface area contributed by atoms with Crippen molar-refractivity contribution in [3.05, 3.63) is 94.5 Å². The number of amides is 2. The van der Waals surface area contributed by atoms with E-state index in [1.165, 1.54) is 6.07 Å². The first-order chi connectivity index (χ1) is 15.9. The van der Waals surface area contributed by atoms with Gasteiger partial charge in [-0.05, 0) is 42.0 Å². The van der Waals surface area contributed by atoms with Crippen LogP contribution in [0.5, 0.6) is 0 Å². The molecule has 2 aliphatic heterocycles. The number of benzene rings is 2. The van der Waals surface area contributed by atoms with Crippen LogP contribution in [0.15, 0.2) is 66.7 Å². The Hall–Kier alpha value is -3.45. The van der Waals surface area contributed by atoms with E-state index in [0.717, 1.165) is 0 Å². The fourth-order valence-electron chi connectivity index (χ4n) is 4.39. The molecule has 2 aliphatic rings. The highest BCUT2D eigenvalue weighted by molar-refractivity contribution is 6.30. The summed E-state index contributed by atoms with van der Waals surface area (Å²) in [6, 6.07) is 18.7. The van der Waals surface area contributed by atoms with E-state index < -0.39 is 11.7 Å². The van der Waals surface area contributed by atoms with Crippen LogP contribution in [0.25, 0.3) is 0 Å². The number of hydrogen-bond donors (Lipinski definition) is 0. The lowest BCUT2D eigenvalue weighted by Crippen LogP contribution is -2.39. The Morgan fingerprint density at radius 3 is 2.73 bits per heavy atom. The Labute approximate surface area is 195 Å². The van der Waals surface area contributed by atoms with Crippen LogP contribution in [0, 0.1) is 5.82 Å². The summed E-state index contributed by atoms with van der Waals surface area (Å²) in [5.74, 6) is -0.538. The molecule has 168 valence electrons. The van der Waals surface area contributed by atoms with Gasteiger partial charge in [0, 0.05) is 35.8 Å². The summed E-state index contributed by atoms with van der Waals surface area (Å²) in [4.78, 5) is 33.4. The average Bonchev–Trinajstić information content (AvgIpc) is 3.37. The van der Waals surface area contributed by atoms with E-state index in [4.69, 9.17) is 16.3 Å². The molecule has 1 spiro atoms. The first-order valence-corrected chi connectivity index (χ1v) is 11.0. The molecule has 1 atom stereocenters. The van der Waals surface area contributed by atoms with E-state index in [9.17, 15) is 14.0 Å². The van der Waals surface area contributed by atoms with E-state index in [1.54, 1.807) is 70.5 Å². The molecular formula is C25H21ClFN3O3. The molecule has 2 fully saturated rings. The zero-order chi connectivity index (χ0) is 23.0. The third-order valence-electron chi connectivity index (χ3n) is 6.05. The van der Waals surface area contributed by atoms with Gasteiger partial charge in [-0.2, -0.15) is 0 Å². The minimum Gasteiger partial charge on any atom is -0.439 e. The maximum atomic E-state index is 14.0. The summed E-state index contributed by atoms with van der Waals surface area (Å²) in [6.45, 7) is 1.08. The van der Waals surface area contributed by atoms with Crippen molar-refractivity contribution >= 4 is 29.3 Å². The predicted octanol–water partition coefficient (Wildman–Crippen LogP) is 4.71. The summed E-state index contributed by atoms with van der Waals surface area (Å²) in [5.41, 5.74) is 1.32. The first-order valence-electron chi connectivity index (χ1n) is 10.7. The topological polar surface area (TPSA) is 62.7 Å². The zero-order valence-electron chi connectivity index (χ0n) is 17.7. The quantitative estimate of drug-likeness (QED) is 0.560. The Morgan fingerprint density at radius 1 is 1.09 bits per heavy atom. The third kappa shape index (κ3) is 4.28. The largest absolute Gasteiger partial charge is 0.439 e. The molecule has 0 radical (unpaired) electrons. The number of pyridine rings is 1. The van der Waals surface area contributed by atoms with Gasteiger partial charge in [-0.3, -0.25) is 9.69 Å². The molecule has 5 rings (SSSR count). The van der Waals surface area contributed by atoms with E-state index in [2.05, 4.69) is 4.98 Å². The SMILES string of the molecule is O=C(c1cccc(Cc2ccccc2F)n1)N1CCC2(C1)CN(c1cccc(Cl)c1)C(=O)O2. The molecule has 2 amide bonds. The van der Waals surface area contributed by atoms with E-state index in [1.807, 2.05) is 0 Å². The Morgan fingerprint density at radius 2 is 1.91 bits per heavy atom. The Bertz CT molecular complexity index is 1240. The summed E-state index contributed by atoms with van der Waals surface area (Å²) in [6.07, 6.45) is 0.386. The molecule has 3 aromatic rings. The van der Waals surface area contributed by atoms with Gasteiger partial charge in [0.1, 0.15) is 11.5 Å². The minimum atomic E-state index is -0.764. The minimum absolute atomic E-state index is 0.237. The third-order valence-corrected chi connectivity index (χ3v) is 6.28. The van der Waals surface area contributed by atoms with Crippen LogP contribution in [0.1, 0.15) is 28.2 Å². The van der Waals surface area contributed by atoms with E-state index in [-0.39, 0.29) is 24.0 Å². The molecule has 8 heteroatoms. The van der Waals surface area contributed by atoms with Gasteiger partial charge in [0.2, 0.25) is 0 Å². The van der Waals surface area contributed by atoms with E-state index in [0.29, 0.717) is 47.9 Å². The second-order valence-corrected chi connectivity index (χ2v) is 8.81. The van der Waals surface area contributed by atoms with Gasteiger partial charge in [-0.1, -0.05) is 41.9 Å². The van der Waals surface area contributed by atoms with Gasteiger partial charge in [-0.15, -0.1) is 0 Å². The van der Waals surface area contributed by atoms with Gasteiger partial charge >= 0.3 is 6.09 Å². The molecule has 2 aromatic carbocycles. The zero-order valence-corrected chi connectivity index (χ0v) is 18.5. The maximum absolute atomic E-state index is 14.0. The normalized spacial score (nSPS) is 19.9. The number of nitrogens with zero attached hydrogens (tertiary/aromatic N) is 3.